The molecule has 0 bridgehead atoms. The fourth-order valence-electron chi connectivity index (χ4n) is 0.968. The number of hydrogen-bond donors (Lipinski definition) is 2. The molecule has 0 heterocycles. The molecule has 2 N–H and O–H groups in total. The van der Waals surface area contributed by atoms with E-state index in [0.29, 0.717) is 12.8 Å². The minimum Gasteiger partial charge on any atom is -0.481 e. The van der Waals surface area contributed by atoms with Crippen LogP contribution in [0.15, 0.2) is 0 Å². The van der Waals surface area contributed by atoms with Gasteiger partial charge >= 0.3 is 11.9 Å². The van der Waals surface area contributed by atoms with Crippen LogP contribution in [0.4, 0.5) is 0 Å². The molecule has 0 saturated heterocycles. The zero-order valence-corrected chi connectivity index (χ0v) is 9.00. The van der Waals surface area contributed by atoms with Crippen LogP contribution in [0, 0.1) is 0 Å². The van der Waals surface area contributed by atoms with Crippen LogP contribution in [0.25, 0.3) is 0 Å². The molecule has 0 spiro atoms. The lowest BCUT2D eigenvalue weighted by atomic mass is 9.98. The van der Waals surface area contributed by atoms with Gasteiger partial charge in [-0.2, -0.15) is 0 Å². The van der Waals surface area contributed by atoms with Crippen molar-refractivity contribution in [3.63, 3.8) is 0 Å². The Morgan fingerprint density at radius 2 is 1.92 bits per heavy atom. The summed E-state index contributed by atoms with van der Waals surface area (Å²) in [5.41, 5.74) is 0. The first-order chi connectivity index (χ1) is 5.92. The molecular formula is C8H13BrO4. The van der Waals surface area contributed by atoms with E-state index in [-0.39, 0.29) is 6.42 Å². The molecule has 0 aromatic rings. The summed E-state index contributed by atoms with van der Waals surface area (Å²) in [4.78, 5) is 21.1. The van der Waals surface area contributed by atoms with Crippen LogP contribution in [-0.2, 0) is 9.59 Å². The molecule has 1 atom stereocenters. The number of unbranched alkanes of at least 4 members (excludes halogenated alkanes) is 1. The maximum atomic E-state index is 10.8. The van der Waals surface area contributed by atoms with Crippen molar-refractivity contribution in [3.8, 4) is 0 Å². The number of carboxylic acid groups (broad SMARTS) is 2. The molecule has 0 saturated carbocycles. The molecule has 13 heavy (non-hydrogen) atoms. The maximum Gasteiger partial charge on any atom is 0.321 e. The minimum absolute atomic E-state index is 0.338. The second-order valence-corrected chi connectivity index (χ2v) is 4.46. The molecule has 1 unspecified atom stereocenters. The molecule has 5 heteroatoms. The number of rotatable bonds is 6. The lowest BCUT2D eigenvalue weighted by Gasteiger charge is -2.19. The van der Waals surface area contributed by atoms with E-state index < -0.39 is 16.3 Å². The SMILES string of the molecule is CCCCC(Br)(CC(=O)O)C(=O)O. The van der Waals surface area contributed by atoms with Gasteiger partial charge in [0, 0.05) is 0 Å². The van der Waals surface area contributed by atoms with Crippen LogP contribution in [-0.4, -0.2) is 26.5 Å². The van der Waals surface area contributed by atoms with Gasteiger partial charge < -0.3 is 10.2 Å². The van der Waals surface area contributed by atoms with E-state index in [1.807, 2.05) is 6.92 Å². The van der Waals surface area contributed by atoms with E-state index in [2.05, 4.69) is 15.9 Å². The molecule has 4 nitrogen and oxygen atoms in total. The Bertz CT molecular complexity index is 204. The molecule has 0 radical (unpaired) electrons. The van der Waals surface area contributed by atoms with Gasteiger partial charge in [-0.05, 0) is 6.42 Å². The Hall–Kier alpha value is -0.580. The first kappa shape index (κ1) is 12.4. The summed E-state index contributed by atoms with van der Waals surface area (Å²) >= 11 is 2.97. The summed E-state index contributed by atoms with van der Waals surface area (Å²) in [5, 5.41) is 17.3. The van der Waals surface area contributed by atoms with Crippen LogP contribution < -0.4 is 0 Å². The highest BCUT2D eigenvalue weighted by Crippen LogP contribution is 2.29. The van der Waals surface area contributed by atoms with E-state index in [1.165, 1.54) is 0 Å². The largest absolute Gasteiger partial charge is 0.481 e. The first-order valence-corrected chi connectivity index (χ1v) is 4.86. The molecule has 0 aliphatic rings. The van der Waals surface area contributed by atoms with Gasteiger partial charge in [-0.15, -0.1) is 0 Å². The molecular weight excluding hydrogens is 240 g/mol. The quantitative estimate of drug-likeness (QED) is 0.708. The standard InChI is InChI=1S/C8H13BrO4/c1-2-3-4-8(9,7(12)13)5-6(10)11/h2-5H2,1H3,(H,10,11)(H,12,13). The average molecular weight is 253 g/mol. The van der Waals surface area contributed by atoms with Crippen molar-refractivity contribution in [1.29, 1.82) is 0 Å². The van der Waals surface area contributed by atoms with Crippen LogP contribution in [0.1, 0.15) is 32.6 Å². The van der Waals surface area contributed by atoms with Gasteiger partial charge in [0.05, 0.1) is 6.42 Å². The topological polar surface area (TPSA) is 74.6 Å². The molecule has 0 aromatic heterocycles. The van der Waals surface area contributed by atoms with E-state index in [4.69, 9.17) is 10.2 Å². The molecule has 0 rings (SSSR count). The Labute approximate surface area is 85.1 Å². The van der Waals surface area contributed by atoms with Gasteiger partial charge in [-0.25, -0.2) is 0 Å². The fraction of sp³-hybridized carbons (Fsp3) is 0.750. The Morgan fingerprint density at radius 3 is 2.23 bits per heavy atom. The van der Waals surface area contributed by atoms with Gasteiger partial charge in [0.1, 0.15) is 4.32 Å². The van der Waals surface area contributed by atoms with E-state index in [9.17, 15) is 9.59 Å². The summed E-state index contributed by atoms with van der Waals surface area (Å²) in [7, 11) is 0. The van der Waals surface area contributed by atoms with E-state index in [1.54, 1.807) is 0 Å². The third kappa shape index (κ3) is 4.26. The fourth-order valence-corrected chi connectivity index (χ4v) is 1.49. The lowest BCUT2D eigenvalue weighted by Crippen LogP contribution is -2.34. The van der Waals surface area contributed by atoms with Crippen molar-refractivity contribution in [2.24, 2.45) is 0 Å². The maximum absolute atomic E-state index is 10.8. The van der Waals surface area contributed by atoms with Gasteiger partial charge in [0.15, 0.2) is 0 Å². The molecule has 76 valence electrons. The second-order valence-electron chi connectivity index (χ2n) is 2.94. The summed E-state index contributed by atoms with van der Waals surface area (Å²) in [6.45, 7) is 1.93. The number of alkyl halides is 1. The summed E-state index contributed by atoms with van der Waals surface area (Å²) in [5.74, 6) is -2.21. The summed E-state index contributed by atoms with van der Waals surface area (Å²) < 4.78 is -1.30. The third-order valence-corrected chi connectivity index (χ3v) is 2.76. The smallest absolute Gasteiger partial charge is 0.321 e. The Balaban J connectivity index is 4.34. The number of carbonyl (C=O) groups is 2. The summed E-state index contributed by atoms with van der Waals surface area (Å²) in [6.07, 6.45) is 1.50. The third-order valence-electron chi connectivity index (χ3n) is 1.74. The first-order valence-electron chi connectivity index (χ1n) is 4.06. The average Bonchev–Trinajstić information content (AvgIpc) is 1.99. The zero-order valence-electron chi connectivity index (χ0n) is 7.42. The van der Waals surface area contributed by atoms with Crippen molar-refractivity contribution in [2.45, 2.75) is 36.9 Å². The van der Waals surface area contributed by atoms with E-state index >= 15 is 0 Å². The van der Waals surface area contributed by atoms with Crippen molar-refractivity contribution < 1.29 is 19.8 Å². The van der Waals surface area contributed by atoms with Gasteiger partial charge in [0.25, 0.3) is 0 Å². The predicted molar refractivity (Wildman–Crippen MR) is 51.1 cm³/mol. The zero-order chi connectivity index (χ0) is 10.5. The van der Waals surface area contributed by atoms with Gasteiger partial charge in [-0.3, -0.25) is 9.59 Å². The normalized spacial score (nSPS) is 14.9. The lowest BCUT2D eigenvalue weighted by molar-refractivity contribution is -0.146. The minimum atomic E-state index is -1.30. The Morgan fingerprint density at radius 1 is 1.38 bits per heavy atom. The van der Waals surface area contributed by atoms with Crippen LogP contribution >= 0.6 is 15.9 Å². The van der Waals surface area contributed by atoms with Gasteiger partial charge in [0.2, 0.25) is 0 Å². The highest BCUT2D eigenvalue weighted by molar-refractivity contribution is 9.10. The number of halogens is 1. The number of carboxylic acids is 2. The highest BCUT2D eigenvalue weighted by Gasteiger charge is 2.37. The molecule has 0 amide bonds. The molecule has 0 fully saturated rings. The van der Waals surface area contributed by atoms with Crippen molar-refractivity contribution in [1.82, 2.24) is 0 Å². The van der Waals surface area contributed by atoms with Crippen LogP contribution in [0.5, 0.6) is 0 Å². The summed E-state index contributed by atoms with van der Waals surface area (Å²) in [6, 6.07) is 0. The molecule has 0 aliphatic heterocycles. The number of hydrogen-bond acceptors (Lipinski definition) is 2. The highest BCUT2D eigenvalue weighted by atomic mass is 79.9. The van der Waals surface area contributed by atoms with Crippen molar-refractivity contribution in [2.75, 3.05) is 0 Å². The van der Waals surface area contributed by atoms with Crippen molar-refractivity contribution >= 4 is 27.9 Å². The van der Waals surface area contributed by atoms with E-state index in [0.717, 1.165) is 6.42 Å². The predicted octanol–water partition coefficient (Wildman–Crippen LogP) is 1.87. The monoisotopic (exact) mass is 252 g/mol. The number of aliphatic carboxylic acids is 2. The van der Waals surface area contributed by atoms with Crippen LogP contribution in [0.2, 0.25) is 0 Å². The van der Waals surface area contributed by atoms with Gasteiger partial charge in [-0.1, -0.05) is 35.7 Å². The molecule has 0 aliphatic carbocycles. The second kappa shape index (κ2) is 5.21. The Kier molecular flexibility index (Phi) is 4.98. The molecule has 0 aromatic carbocycles. The van der Waals surface area contributed by atoms with Crippen LogP contribution in [0.3, 0.4) is 0 Å². The van der Waals surface area contributed by atoms with Crippen molar-refractivity contribution in [3.05, 3.63) is 0 Å².